The number of methoxy groups -OCH3 is 1. The van der Waals surface area contributed by atoms with E-state index in [9.17, 15) is 4.79 Å². The molecule has 0 saturated carbocycles. The van der Waals surface area contributed by atoms with Crippen LogP contribution < -0.4 is 15.4 Å². The molecule has 0 atom stereocenters. The van der Waals surface area contributed by atoms with Crippen LogP contribution >= 0.6 is 0 Å². The lowest BCUT2D eigenvalue weighted by molar-refractivity contribution is 0.119. The van der Waals surface area contributed by atoms with Crippen molar-refractivity contribution in [3.8, 4) is 5.75 Å². The molecule has 5 nitrogen and oxygen atoms in total. The fraction of sp³-hybridized carbons (Fsp3) is 0.438. The molecule has 114 valence electrons. The summed E-state index contributed by atoms with van der Waals surface area (Å²) in [5, 5.41) is 5.61. The van der Waals surface area contributed by atoms with Gasteiger partial charge in [0.25, 0.3) is 0 Å². The highest BCUT2D eigenvalue weighted by atomic mass is 16.5. The smallest absolute Gasteiger partial charge is 0.318 e. The molecule has 1 aliphatic rings. The van der Waals surface area contributed by atoms with Gasteiger partial charge in [0, 0.05) is 12.7 Å². The maximum absolute atomic E-state index is 11.7. The molecule has 0 radical (unpaired) electrons. The van der Waals surface area contributed by atoms with Crippen molar-refractivity contribution in [2.45, 2.75) is 19.3 Å². The third-order valence-corrected chi connectivity index (χ3v) is 3.41. The maximum atomic E-state index is 11.7. The Bertz CT molecular complexity index is 492. The van der Waals surface area contributed by atoms with Crippen LogP contribution in [0.1, 0.15) is 18.4 Å². The molecule has 0 unspecified atom stereocenters. The van der Waals surface area contributed by atoms with Crippen molar-refractivity contribution < 1.29 is 14.3 Å². The van der Waals surface area contributed by atoms with E-state index in [4.69, 9.17) is 9.47 Å². The van der Waals surface area contributed by atoms with Crippen LogP contribution in [0, 0.1) is 0 Å². The van der Waals surface area contributed by atoms with Gasteiger partial charge in [-0.2, -0.15) is 0 Å². The van der Waals surface area contributed by atoms with E-state index in [1.165, 1.54) is 5.57 Å². The molecule has 21 heavy (non-hydrogen) atoms. The molecule has 1 fully saturated rings. The summed E-state index contributed by atoms with van der Waals surface area (Å²) in [4.78, 5) is 11.7. The number of carbonyl (C=O) groups excluding carboxylic acids is 1. The SMILES string of the molecule is COc1ccccc1CCNC(=O)NC=C1CCOCC1. The molecular formula is C16H22N2O3. The number of carbonyl (C=O) groups is 1. The van der Waals surface area contributed by atoms with E-state index < -0.39 is 0 Å². The zero-order valence-corrected chi connectivity index (χ0v) is 12.4. The minimum atomic E-state index is -0.177. The van der Waals surface area contributed by atoms with Gasteiger partial charge >= 0.3 is 6.03 Å². The van der Waals surface area contributed by atoms with Crippen LogP contribution in [0.5, 0.6) is 5.75 Å². The standard InChI is InChI=1S/C16H22N2O3/c1-20-15-5-3-2-4-14(15)6-9-17-16(19)18-12-13-7-10-21-11-8-13/h2-5,12H,6-11H2,1H3,(H2,17,18,19). The number of nitrogens with one attached hydrogen (secondary N) is 2. The largest absolute Gasteiger partial charge is 0.496 e. The summed E-state index contributed by atoms with van der Waals surface area (Å²) in [7, 11) is 1.65. The maximum Gasteiger partial charge on any atom is 0.318 e. The van der Waals surface area contributed by atoms with Gasteiger partial charge in [-0.25, -0.2) is 4.79 Å². The van der Waals surface area contributed by atoms with Gasteiger partial charge in [0.15, 0.2) is 0 Å². The highest BCUT2D eigenvalue weighted by Crippen LogP contribution is 2.17. The zero-order valence-electron chi connectivity index (χ0n) is 12.4. The first kappa shape index (κ1) is 15.4. The molecule has 0 spiro atoms. The number of rotatable bonds is 5. The van der Waals surface area contributed by atoms with E-state index >= 15 is 0 Å². The van der Waals surface area contributed by atoms with E-state index in [0.717, 1.165) is 43.8 Å². The molecule has 1 aliphatic heterocycles. The first-order chi connectivity index (χ1) is 10.3. The summed E-state index contributed by atoms with van der Waals surface area (Å²) in [5.41, 5.74) is 2.31. The lowest BCUT2D eigenvalue weighted by Gasteiger charge is -2.14. The first-order valence-electron chi connectivity index (χ1n) is 7.21. The minimum Gasteiger partial charge on any atom is -0.496 e. The Morgan fingerprint density at radius 3 is 2.86 bits per heavy atom. The Labute approximate surface area is 125 Å². The Balaban J connectivity index is 1.71. The molecule has 2 rings (SSSR count). The molecular weight excluding hydrogens is 268 g/mol. The number of benzene rings is 1. The van der Waals surface area contributed by atoms with E-state index in [2.05, 4.69) is 10.6 Å². The van der Waals surface area contributed by atoms with E-state index in [1.54, 1.807) is 13.3 Å². The highest BCUT2D eigenvalue weighted by Gasteiger charge is 2.06. The molecule has 1 heterocycles. The quantitative estimate of drug-likeness (QED) is 0.874. The monoisotopic (exact) mass is 290 g/mol. The van der Waals surface area contributed by atoms with Crippen molar-refractivity contribution in [3.05, 3.63) is 41.6 Å². The number of amides is 2. The summed E-state index contributed by atoms with van der Waals surface area (Å²) in [6.45, 7) is 2.05. The normalized spacial score (nSPS) is 14.4. The first-order valence-corrected chi connectivity index (χ1v) is 7.21. The van der Waals surface area contributed by atoms with Crippen LogP contribution in [-0.2, 0) is 11.2 Å². The predicted molar refractivity (Wildman–Crippen MR) is 81.4 cm³/mol. The molecule has 2 N–H and O–H groups in total. The summed E-state index contributed by atoms with van der Waals surface area (Å²) >= 11 is 0. The number of para-hydroxylation sites is 1. The van der Waals surface area contributed by atoms with Crippen molar-refractivity contribution in [2.75, 3.05) is 26.9 Å². The number of hydrogen-bond donors (Lipinski definition) is 2. The lowest BCUT2D eigenvalue weighted by Crippen LogP contribution is -2.34. The average molecular weight is 290 g/mol. The second-order valence-corrected chi connectivity index (χ2v) is 4.88. The van der Waals surface area contributed by atoms with E-state index in [-0.39, 0.29) is 6.03 Å². The van der Waals surface area contributed by atoms with Gasteiger partial charge in [0.2, 0.25) is 0 Å². The average Bonchev–Trinajstić information content (AvgIpc) is 2.54. The highest BCUT2D eigenvalue weighted by molar-refractivity contribution is 5.74. The van der Waals surface area contributed by atoms with Crippen molar-refractivity contribution >= 4 is 6.03 Å². The van der Waals surface area contributed by atoms with Gasteiger partial charge in [0.05, 0.1) is 20.3 Å². The molecule has 2 amide bonds. The molecule has 0 aromatic heterocycles. The molecule has 1 saturated heterocycles. The van der Waals surface area contributed by atoms with Crippen LogP contribution in [0.15, 0.2) is 36.0 Å². The van der Waals surface area contributed by atoms with E-state index in [1.807, 2.05) is 24.3 Å². The third-order valence-electron chi connectivity index (χ3n) is 3.41. The molecule has 5 heteroatoms. The number of urea groups is 1. The predicted octanol–water partition coefficient (Wildman–Crippen LogP) is 2.23. The van der Waals surface area contributed by atoms with Gasteiger partial charge in [-0.1, -0.05) is 18.2 Å². The van der Waals surface area contributed by atoms with Gasteiger partial charge in [-0.05, 0) is 36.5 Å². The van der Waals surface area contributed by atoms with Gasteiger partial charge in [-0.15, -0.1) is 0 Å². The number of hydrogen-bond acceptors (Lipinski definition) is 3. The van der Waals surface area contributed by atoms with Crippen LogP contribution in [0.2, 0.25) is 0 Å². The van der Waals surface area contributed by atoms with Crippen molar-refractivity contribution in [1.82, 2.24) is 10.6 Å². The Morgan fingerprint density at radius 2 is 2.10 bits per heavy atom. The summed E-state index contributed by atoms with van der Waals surface area (Å²) in [5.74, 6) is 0.851. The van der Waals surface area contributed by atoms with Gasteiger partial charge in [0.1, 0.15) is 5.75 Å². The second-order valence-electron chi connectivity index (χ2n) is 4.88. The molecule has 1 aromatic rings. The summed E-state index contributed by atoms with van der Waals surface area (Å²) in [6, 6.07) is 7.65. The summed E-state index contributed by atoms with van der Waals surface area (Å²) in [6.07, 6.45) is 4.31. The molecule has 0 bridgehead atoms. The van der Waals surface area contributed by atoms with Crippen LogP contribution in [0.4, 0.5) is 4.79 Å². The van der Waals surface area contributed by atoms with Gasteiger partial charge < -0.3 is 20.1 Å². The van der Waals surface area contributed by atoms with Gasteiger partial charge in [-0.3, -0.25) is 0 Å². The molecule has 0 aliphatic carbocycles. The third kappa shape index (κ3) is 5.11. The van der Waals surface area contributed by atoms with Crippen LogP contribution in [-0.4, -0.2) is 32.9 Å². The fourth-order valence-corrected chi connectivity index (χ4v) is 2.22. The Morgan fingerprint density at radius 1 is 1.33 bits per heavy atom. The van der Waals surface area contributed by atoms with Crippen molar-refractivity contribution in [1.29, 1.82) is 0 Å². The second kappa shape index (κ2) is 8.32. The van der Waals surface area contributed by atoms with Crippen molar-refractivity contribution in [3.63, 3.8) is 0 Å². The Kier molecular flexibility index (Phi) is 6.09. The lowest BCUT2D eigenvalue weighted by atomic mass is 10.1. The molecule has 1 aromatic carbocycles. The van der Waals surface area contributed by atoms with Crippen LogP contribution in [0.3, 0.4) is 0 Å². The zero-order chi connectivity index (χ0) is 14.9. The minimum absolute atomic E-state index is 0.177. The topological polar surface area (TPSA) is 59.6 Å². The fourth-order valence-electron chi connectivity index (χ4n) is 2.22. The van der Waals surface area contributed by atoms with E-state index in [0.29, 0.717) is 6.54 Å². The number of ether oxygens (including phenoxy) is 2. The Hall–Kier alpha value is -2.01. The summed E-state index contributed by atoms with van der Waals surface area (Å²) < 4.78 is 10.5. The van der Waals surface area contributed by atoms with Crippen molar-refractivity contribution in [2.24, 2.45) is 0 Å². The van der Waals surface area contributed by atoms with Crippen LogP contribution in [0.25, 0.3) is 0 Å².